The summed E-state index contributed by atoms with van der Waals surface area (Å²) >= 11 is 0. The third kappa shape index (κ3) is 3.84. The molecule has 1 aromatic carbocycles. The molecule has 1 saturated carbocycles. The van der Waals surface area contributed by atoms with Gasteiger partial charge in [-0.3, -0.25) is 4.79 Å². The number of hydrogen-bond acceptors (Lipinski definition) is 4. The van der Waals surface area contributed by atoms with Crippen LogP contribution in [-0.4, -0.2) is 17.7 Å². The molecule has 0 spiro atoms. The molecule has 3 rings (SSSR count). The highest BCUT2D eigenvalue weighted by Gasteiger charge is 2.33. The molecule has 0 saturated heterocycles. The van der Waals surface area contributed by atoms with Crippen molar-refractivity contribution in [3.8, 4) is 5.75 Å². The van der Waals surface area contributed by atoms with Crippen LogP contribution in [0.1, 0.15) is 62.7 Å². The number of ether oxygens (including phenoxy) is 2. The summed E-state index contributed by atoms with van der Waals surface area (Å²) in [7, 11) is 0. The Hall–Kier alpha value is -2.04. The molecule has 0 unspecified atom stereocenters. The van der Waals surface area contributed by atoms with Gasteiger partial charge in [0.05, 0.1) is 0 Å². The summed E-state index contributed by atoms with van der Waals surface area (Å²) in [6.45, 7) is 3.36. The summed E-state index contributed by atoms with van der Waals surface area (Å²) < 4.78 is 10.8. The average molecular weight is 317 g/mol. The Bertz CT molecular complexity index is 617. The Balaban J connectivity index is 1.62. The number of amides is 1. The van der Waals surface area contributed by atoms with Gasteiger partial charge in [0.15, 0.2) is 0 Å². The molecular weight excluding hydrogens is 294 g/mol. The van der Waals surface area contributed by atoms with E-state index in [0.29, 0.717) is 29.3 Å². The van der Waals surface area contributed by atoms with Gasteiger partial charge in [0.2, 0.25) is 11.7 Å². The van der Waals surface area contributed by atoms with Crippen LogP contribution in [0, 0.1) is 5.92 Å². The quantitative estimate of drug-likeness (QED) is 0.856. The van der Waals surface area contributed by atoms with E-state index >= 15 is 0 Å². The lowest BCUT2D eigenvalue weighted by molar-refractivity contribution is -0.127. The second-order valence-electron chi connectivity index (χ2n) is 6.84. The van der Waals surface area contributed by atoms with Crippen LogP contribution in [0.2, 0.25) is 0 Å². The Morgan fingerprint density at radius 1 is 1.26 bits per heavy atom. The summed E-state index contributed by atoms with van der Waals surface area (Å²) in [6, 6.07) is 5.01. The molecule has 1 aliphatic heterocycles. The van der Waals surface area contributed by atoms with Crippen molar-refractivity contribution in [1.29, 1.82) is 0 Å². The fraction of sp³-hybridized carbons (Fsp3) is 0.556. The zero-order valence-electron chi connectivity index (χ0n) is 13.7. The second-order valence-corrected chi connectivity index (χ2v) is 6.84. The zero-order chi connectivity index (χ0) is 16.4. The van der Waals surface area contributed by atoms with Crippen molar-refractivity contribution in [2.45, 2.75) is 58.2 Å². The number of carbonyl (C=O) groups excluding carboxylic acids is 2. The number of nitrogens with one attached hydrogen (secondary N) is 1. The molecule has 5 heteroatoms. The molecule has 1 N–H and O–H groups in total. The number of fused-ring (bicyclic) bond motifs is 1. The predicted molar refractivity (Wildman–Crippen MR) is 86.4 cm³/mol. The molecule has 0 aromatic heterocycles. The van der Waals surface area contributed by atoms with Crippen molar-refractivity contribution in [2.75, 3.05) is 5.32 Å². The van der Waals surface area contributed by atoms with Crippen LogP contribution in [0.3, 0.4) is 0 Å². The van der Waals surface area contributed by atoms with Gasteiger partial charge in [-0.1, -0.05) is 25.7 Å². The van der Waals surface area contributed by atoms with E-state index in [2.05, 4.69) is 5.32 Å². The van der Waals surface area contributed by atoms with Crippen molar-refractivity contribution in [3.05, 3.63) is 23.8 Å². The molecule has 1 aromatic rings. The maximum atomic E-state index is 12.1. The van der Waals surface area contributed by atoms with E-state index in [1.165, 1.54) is 25.7 Å². The van der Waals surface area contributed by atoms with Gasteiger partial charge >= 0.3 is 5.97 Å². The van der Waals surface area contributed by atoms with Crippen molar-refractivity contribution in [1.82, 2.24) is 0 Å². The van der Waals surface area contributed by atoms with Gasteiger partial charge in [0.1, 0.15) is 11.3 Å². The first-order chi connectivity index (χ1) is 10.9. The number of carbonyl (C=O) groups is 2. The van der Waals surface area contributed by atoms with Crippen LogP contribution in [0.25, 0.3) is 0 Å². The molecule has 1 aliphatic carbocycles. The van der Waals surface area contributed by atoms with E-state index in [1.807, 2.05) is 0 Å². The van der Waals surface area contributed by atoms with Crippen molar-refractivity contribution in [3.63, 3.8) is 0 Å². The molecule has 1 heterocycles. The Labute approximate surface area is 136 Å². The monoisotopic (exact) mass is 317 g/mol. The van der Waals surface area contributed by atoms with E-state index in [-0.39, 0.29) is 5.91 Å². The Kier molecular flexibility index (Phi) is 4.28. The molecule has 2 aliphatic rings. The van der Waals surface area contributed by atoms with Crippen LogP contribution in [0.4, 0.5) is 5.69 Å². The number of cyclic esters (lactones) is 1. The van der Waals surface area contributed by atoms with Crippen molar-refractivity contribution in [2.24, 2.45) is 5.92 Å². The Morgan fingerprint density at radius 3 is 2.74 bits per heavy atom. The van der Waals surface area contributed by atoms with Gasteiger partial charge in [-0.2, -0.15) is 0 Å². The minimum atomic E-state index is -0.991. The van der Waals surface area contributed by atoms with Crippen molar-refractivity contribution >= 4 is 17.6 Å². The second kappa shape index (κ2) is 6.22. The first-order valence-electron chi connectivity index (χ1n) is 8.29. The largest absolute Gasteiger partial charge is 0.452 e. The van der Waals surface area contributed by atoms with Crippen molar-refractivity contribution < 1.29 is 19.1 Å². The minimum absolute atomic E-state index is 0.00879. The first-order valence-corrected chi connectivity index (χ1v) is 8.29. The summed E-state index contributed by atoms with van der Waals surface area (Å²) in [5, 5.41) is 2.89. The lowest BCUT2D eigenvalue weighted by Gasteiger charge is -2.31. The minimum Gasteiger partial charge on any atom is -0.452 e. The Morgan fingerprint density at radius 2 is 2.00 bits per heavy atom. The summed E-state index contributed by atoms with van der Waals surface area (Å²) in [6.07, 6.45) is 6.57. The van der Waals surface area contributed by atoms with E-state index in [1.54, 1.807) is 32.0 Å². The van der Waals surface area contributed by atoms with Crippen LogP contribution in [-0.2, 0) is 9.53 Å². The molecule has 23 heavy (non-hydrogen) atoms. The maximum absolute atomic E-state index is 12.1. The van der Waals surface area contributed by atoms with Crippen LogP contribution < -0.4 is 10.1 Å². The number of esters is 1. The molecule has 0 bridgehead atoms. The molecule has 1 fully saturated rings. The molecule has 0 radical (unpaired) electrons. The van der Waals surface area contributed by atoms with Gasteiger partial charge < -0.3 is 14.8 Å². The summed E-state index contributed by atoms with van der Waals surface area (Å²) in [5.41, 5.74) is 1.03. The maximum Gasteiger partial charge on any atom is 0.345 e. The smallest absolute Gasteiger partial charge is 0.345 e. The van der Waals surface area contributed by atoms with Gasteiger partial charge in [-0.15, -0.1) is 0 Å². The molecule has 124 valence electrons. The standard InChI is InChI=1S/C18H23NO4/c1-18(2)22-15-11-13(8-9-14(15)17(21)23-18)19-16(20)10-7-12-5-3-4-6-12/h8-9,11-12H,3-7,10H2,1-2H3,(H,19,20). The van der Waals surface area contributed by atoms with Crippen LogP contribution in [0.15, 0.2) is 18.2 Å². The summed E-state index contributed by atoms with van der Waals surface area (Å²) in [4.78, 5) is 24.0. The molecular formula is C18H23NO4. The average Bonchev–Trinajstić information content (AvgIpc) is 2.96. The highest BCUT2D eigenvalue weighted by molar-refractivity contribution is 5.96. The fourth-order valence-corrected chi connectivity index (χ4v) is 3.27. The molecule has 1 amide bonds. The lowest BCUT2D eigenvalue weighted by atomic mass is 10.0. The highest BCUT2D eigenvalue weighted by Crippen LogP contribution is 2.33. The number of hydrogen-bond donors (Lipinski definition) is 1. The zero-order valence-corrected chi connectivity index (χ0v) is 13.7. The number of rotatable bonds is 4. The third-order valence-electron chi connectivity index (χ3n) is 4.43. The normalized spacial score (nSPS) is 19.7. The highest BCUT2D eigenvalue weighted by atomic mass is 16.7. The molecule has 0 atom stereocenters. The topological polar surface area (TPSA) is 64.6 Å². The van der Waals surface area contributed by atoms with Gasteiger partial charge in [0, 0.05) is 32.0 Å². The van der Waals surface area contributed by atoms with E-state index in [4.69, 9.17) is 9.47 Å². The van der Waals surface area contributed by atoms with Crippen LogP contribution >= 0.6 is 0 Å². The van der Waals surface area contributed by atoms with E-state index in [0.717, 1.165) is 6.42 Å². The lowest BCUT2D eigenvalue weighted by Crippen LogP contribution is -2.38. The first kappa shape index (κ1) is 15.8. The van der Waals surface area contributed by atoms with Gasteiger partial charge in [0.25, 0.3) is 0 Å². The third-order valence-corrected chi connectivity index (χ3v) is 4.43. The fourth-order valence-electron chi connectivity index (χ4n) is 3.27. The van der Waals surface area contributed by atoms with Gasteiger partial charge in [-0.25, -0.2) is 4.79 Å². The summed E-state index contributed by atoms with van der Waals surface area (Å²) in [5.74, 6) is -0.247. The SMILES string of the molecule is CC1(C)OC(=O)c2ccc(NC(=O)CCC3CCCC3)cc2O1. The van der Waals surface area contributed by atoms with E-state index in [9.17, 15) is 9.59 Å². The number of benzene rings is 1. The molecule has 5 nitrogen and oxygen atoms in total. The number of anilines is 1. The van der Waals surface area contributed by atoms with Crippen LogP contribution in [0.5, 0.6) is 5.75 Å². The van der Waals surface area contributed by atoms with Gasteiger partial charge in [-0.05, 0) is 24.5 Å². The van der Waals surface area contributed by atoms with E-state index < -0.39 is 11.8 Å². The predicted octanol–water partition coefficient (Wildman–Crippen LogP) is 3.88.